The average Bonchev–Trinajstić information content (AvgIpc) is 1.72. The van der Waals surface area contributed by atoms with Crippen molar-refractivity contribution in [3.05, 3.63) is 263 Å². The number of phenolic OH excluding ortho intramolecular Hbond substituents is 3. The van der Waals surface area contributed by atoms with Gasteiger partial charge in [-0.25, -0.2) is 28.8 Å². The minimum Gasteiger partial charge on any atom is -0.505 e. The van der Waals surface area contributed by atoms with Crippen LogP contribution in [0.4, 0.5) is 34.1 Å². The molecule has 0 saturated heterocycles. The standard InChI is InChI=1S/2C28H26N4O4.C14H16N2O.C14H13NO3.CH4.ClH/c2*1-15-11-23(19-5-4-6-20(13-19)28(35)36)26(33)24(12-15)29-30-25-17(3)31-32(27(25)34)21-10-9-18-8-7-16(2)22(18)14-21;1-9-3-4-11-5-6-12(8-13(9)11)16-14(17)7-10(2)15-16;1-8-5-11(13(16)12(15)6-8)9-3-2-4-10(7-9)14(17)18;;/h2*4-6,9-14,16,31,33H,7-8H2,1-3H3,(H,35,36);5-6,8-9H,3-4,7H2,1-2H3;2-7,16H,15H2,1H3,(H,17,18);1H4;1H. The summed E-state index contributed by atoms with van der Waals surface area (Å²) < 4.78 is 2.93. The summed E-state index contributed by atoms with van der Waals surface area (Å²) in [6.45, 7) is 17.6. The van der Waals surface area contributed by atoms with E-state index in [0.29, 0.717) is 68.9 Å². The second kappa shape index (κ2) is 32.9. The van der Waals surface area contributed by atoms with E-state index in [4.69, 9.17) is 10.8 Å². The molecule has 9 aromatic carbocycles. The number of aromatic nitrogens is 4. The molecular formula is C85H86ClN11O12. The number of anilines is 2. The van der Waals surface area contributed by atoms with Crippen LogP contribution in [0.2, 0.25) is 0 Å². The van der Waals surface area contributed by atoms with Gasteiger partial charge in [-0.1, -0.05) is 82.8 Å². The van der Waals surface area contributed by atoms with Crippen LogP contribution in [0, 0.1) is 34.6 Å². The molecule has 24 heteroatoms. The first-order valence-electron chi connectivity index (χ1n) is 35.1. The van der Waals surface area contributed by atoms with Crippen LogP contribution in [0.3, 0.4) is 0 Å². The summed E-state index contributed by atoms with van der Waals surface area (Å²) in [5.41, 5.74) is 24.4. The Bertz CT molecular complexity index is 5390. The predicted molar refractivity (Wildman–Crippen MR) is 427 cm³/mol. The molecule has 4 aliphatic rings. The Kier molecular flexibility index (Phi) is 23.8. The number of H-pyrrole nitrogens is 2. The molecule has 0 fully saturated rings. The molecule has 0 saturated carbocycles. The smallest absolute Gasteiger partial charge is 0.335 e. The molecule has 0 spiro atoms. The fourth-order valence-corrected chi connectivity index (χ4v) is 14.0. The number of halogens is 1. The van der Waals surface area contributed by atoms with Crippen LogP contribution in [-0.2, 0) is 24.1 Å². The number of nitrogens with two attached hydrogens (primary N) is 1. The summed E-state index contributed by atoms with van der Waals surface area (Å²) >= 11 is 0. The lowest BCUT2D eigenvalue weighted by molar-refractivity contribution is -0.116. The first kappa shape index (κ1) is 78.8. The van der Waals surface area contributed by atoms with Gasteiger partial charge in [-0.2, -0.15) is 5.10 Å². The van der Waals surface area contributed by atoms with Gasteiger partial charge in [-0.15, -0.1) is 32.9 Å². The highest BCUT2D eigenvalue weighted by Gasteiger charge is 2.28. The van der Waals surface area contributed by atoms with Gasteiger partial charge in [0, 0.05) is 22.4 Å². The minimum atomic E-state index is -1.05. The zero-order valence-electron chi connectivity index (χ0n) is 61.0. The van der Waals surface area contributed by atoms with Crippen molar-refractivity contribution in [1.29, 1.82) is 0 Å². The number of azo groups is 2. The number of hydrogen-bond acceptors (Lipinski definition) is 15. The molecule has 1 aliphatic heterocycles. The summed E-state index contributed by atoms with van der Waals surface area (Å²) in [6.07, 6.45) is 7.16. The van der Waals surface area contributed by atoms with E-state index in [-0.39, 0.29) is 99.2 Å². The second-order valence-electron chi connectivity index (χ2n) is 27.8. The van der Waals surface area contributed by atoms with E-state index in [9.17, 15) is 54.3 Å². The van der Waals surface area contributed by atoms with Crippen LogP contribution in [0.1, 0.15) is 171 Å². The number of nitrogens with zero attached hydrogens (tertiary/aromatic N) is 8. The maximum atomic E-state index is 13.2. The van der Waals surface area contributed by atoms with Crippen LogP contribution in [0.15, 0.2) is 199 Å². The summed E-state index contributed by atoms with van der Waals surface area (Å²) in [4.78, 5) is 71.8. The van der Waals surface area contributed by atoms with Gasteiger partial charge in [0.05, 0.1) is 57.2 Å². The maximum Gasteiger partial charge on any atom is 0.335 e. The van der Waals surface area contributed by atoms with Gasteiger partial charge >= 0.3 is 17.9 Å². The molecule has 3 heterocycles. The number of aryl methyl sites for hydroxylation is 8. The van der Waals surface area contributed by atoms with E-state index in [1.165, 1.54) is 85.6 Å². The quantitative estimate of drug-likeness (QED) is 0.0295. The van der Waals surface area contributed by atoms with Crippen molar-refractivity contribution in [1.82, 2.24) is 19.6 Å². The van der Waals surface area contributed by atoms with Crippen molar-refractivity contribution < 1.29 is 49.8 Å². The maximum absolute atomic E-state index is 13.2. The largest absolute Gasteiger partial charge is 0.505 e. The Morgan fingerprint density at radius 3 is 1.17 bits per heavy atom. The molecule has 2 aromatic heterocycles. The molecule has 1 amide bonds. The highest BCUT2D eigenvalue weighted by atomic mass is 35.5. The molecule has 3 aliphatic carbocycles. The van der Waals surface area contributed by atoms with E-state index in [1.807, 2.05) is 45.9 Å². The third kappa shape index (κ3) is 16.9. The molecule has 10 N–H and O–H groups in total. The van der Waals surface area contributed by atoms with Crippen LogP contribution in [0.5, 0.6) is 17.2 Å². The van der Waals surface area contributed by atoms with Crippen molar-refractivity contribution in [2.24, 2.45) is 25.6 Å². The lowest BCUT2D eigenvalue weighted by Gasteiger charge is -2.14. The zero-order chi connectivity index (χ0) is 76.4. The second-order valence-corrected chi connectivity index (χ2v) is 27.8. The predicted octanol–water partition coefficient (Wildman–Crippen LogP) is 19.2. The first-order chi connectivity index (χ1) is 51.1. The number of hydrogen-bond donors (Lipinski definition) is 9. The van der Waals surface area contributed by atoms with Crippen LogP contribution < -0.4 is 21.9 Å². The van der Waals surface area contributed by atoms with E-state index in [0.717, 1.165) is 71.6 Å². The lowest BCUT2D eigenvalue weighted by atomic mass is 9.99. The summed E-state index contributed by atoms with van der Waals surface area (Å²) in [6, 6.07) is 47.7. The SMILES string of the molecule is C.CC1=NN(c2ccc3c(c2)C(C)CC3)C(=O)C1.Cc1cc(N)c(O)c(-c2cccc(C(=O)O)c2)c1.Cc1cc(N=Nc2c(C)[nH]n(-c3ccc4c(c3)C(C)CC4)c2=O)c(O)c(-c2cccc(C(=O)O)c2)c1.Cc1cc(N=Nc2c(C)[nH]n(-c3ccc4c(c3)C(C)CC4)c2=O)c(O)c(-c2cccc(C(=O)O)c2)c1.Cl. The Balaban J connectivity index is 0.000000162. The van der Waals surface area contributed by atoms with Gasteiger partial charge in [-0.3, -0.25) is 24.6 Å². The normalized spacial score (nSPS) is 15.1. The van der Waals surface area contributed by atoms with Gasteiger partial charge < -0.3 is 36.4 Å². The van der Waals surface area contributed by atoms with Gasteiger partial charge in [0.1, 0.15) is 17.1 Å². The zero-order valence-corrected chi connectivity index (χ0v) is 61.8. The van der Waals surface area contributed by atoms with Crippen molar-refractivity contribution >= 4 is 76.1 Å². The number of nitrogens with one attached hydrogen (secondary N) is 2. The van der Waals surface area contributed by atoms with Gasteiger partial charge in [-0.05, 0) is 274 Å². The number of carbonyl (C=O) groups excluding carboxylic acids is 1. The highest BCUT2D eigenvalue weighted by Crippen LogP contribution is 2.43. The number of aromatic hydroxyl groups is 3. The monoisotopic (exact) mass is 1490 g/mol. The van der Waals surface area contributed by atoms with Crippen LogP contribution in [0.25, 0.3) is 44.8 Å². The number of benzene rings is 9. The number of aromatic amines is 2. The van der Waals surface area contributed by atoms with Gasteiger partial charge in [0.2, 0.25) is 0 Å². The molecule has 0 bridgehead atoms. The van der Waals surface area contributed by atoms with Gasteiger partial charge in [0.25, 0.3) is 17.0 Å². The van der Waals surface area contributed by atoms with Crippen LogP contribution in [-0.4, -0.2) is 79.7 Å². The number of hydrazone groups is 1. The van der Waals surface area contributed by atoms with Crippen molar-refractivity contribution in [3.8, 4) is 62.0 Å². The van der Waals surface area contributed by atoms with Gasteiger partial charge in [0.15, 0.2) is 22.9 Å². The molecule has 109 heavy (non-hydrogen) atoms. The summed E-state index contributed by atoms with van der Waals surface area (Å²) in [5.74, 6) is -1.83. The summed E-state index contributed by atoms with van der Waals surface area (Å²) in [5, 5.41) is 88.1. The molecule has 23 nitrogen and oxygen atoms in total. The molecule has 3 unspecified atom stereocenters. The topological polar surface area (TPSA) is 356 Å². The van der Waals surface area contributed by atoms with E-state index in [2.05, 4.69) is 92.9 Å². The number of aromatic carboxylic acids is 3. The Labute approximate surface area is 635 Å². The highest BCUT2D eigenvalue weighted by molar-refractivity contribution is 6.12. The molecule has 0 radical (unpaired) electrons. The Hall–Kier alpha value is -12.8. The number of nitrogen functional groups attached to an aromatic ring is 1. The Morgan fingerprint density at radius 1 is 0.459 bits per heavy atom. The fourth-order valence-electron chi connectivity index (χ4n) is 14.0. The van der Waals surface area contributed by atoms with E-state index >= 15 is 0 Å². The number of phenols is 3. The van der Waals surface area contributed by atoms with E-state index in [1.54, 1.807) is 91.7 Å². The molecule has 3 atom stereocenters. The number of rotatable bonds is 13. The van der Waals surface area contributed by atoms with E-state index < -0.39 is 17.9 Å². The summed E-state index contributed by atoms with van der Waals surface area (Å²) in [7, 11) is 0. The third-order valence-corrected chi connectivity index (χ3v) is 19.8. The van der Waals surface area contributed by atoms with Crippen molar-refractivity contribution in [3.63, 3.8) is 0 Å². The number of amides is 1. The Morgan fingerprint density at radius 2 is 0.807 bits per heavy atom. The molecule has 11 aromatic rings. The van der Waals surface area contributed by atoms with Crippen LogP contribution >= 0.6 is 12.4 Å². The van der Waals surface area contributed by atoms with Crippen molar-refractivity contribution in [2.45, 2.75) is 132 Å². The number of fused-ring (bicyclic) bond motifs is 3. The molecule has 15 rings (SSSR count). The first-order valence-corrected chi connectivity index (χ1v) is 35.1. The fraction of sp³-hybridized carbons (Fsp3) is 0.235. The number of carbonyl (C=O) groups is 4. The third-order valence-electron chi connectivity index (χ3n) is 19.8. The van der Waals surface area contributed by atoms with Crippen molar-refractivity contribution in [2.75, 3.05) is 10.7 Å². The average molecular weight is 1490 g/mol. The molecule has 560 valence electrons. The molecular weight excluding hydrogens is 1400 g/mol. The lowest BCUT2D eigenvalue weighted by Crippen LogP contribution is -2.19. The minimum absolute atomic E-state index is 0. The number of carboxylic acids is 3. The number of carboxylic acid groups (broad SMARTS) is 3.